The number of ether oxygens (including phenoxy) is 2. The first-order valence-corrected chi connectivity index (χ1v) is 8.21. The second-order valence-corrected chi connectivity index (χ2v) is 7.40. The van der Waals surface area contributed by atoms with Gasteiger partial charge in [-0.05, 0) is 48.0 Å². The van der Waals surface area contributed by atoms with Gasteiger partial charge in [-0.2, -0.15) is 0 Å². The molecule has 0 aromatic heterocycles. The van der Waals surface area contributed by atoms with E-state index in [-0.39, 0.29) is 0 Å². The van der Waals surface area contributed by atoms with E-state index in [0.29, 0.717) is 11.4 Å². The fraction of sp³-hybridized carbons (Fsp3) is 0.812. The van der Waals surface area contributed by atoms with E-state index in [1.54, 1.807) is 41.5 Å². The van der Waals surface area contributed by atoms with Crippen LogP contribution in [-0.4, -0.2) is 40.8 Å². The van der Waals surface area contributed by atoms with E-state index in [9.17, 15) is 9.59 Å². The van der Waals surface area contributed by atoms with Gasteiger partial charge in [0.25, 0.3) is 0 Å². The summed E-state index contributed by atoms with van der Waals surface area (Å²) in [6.45, 7) is 12.8. The van der Waals surface area contributed by atoms with E-state index < -0.39 is 29.3 Å². The van der Waals surface area contributed by atoms with Crippen molar-refractivity contribution in [3.8, 4) is 0 Å². The molecule has 0 aliphatic heterocycles. The van der Waals surface area contributed by atoms with Gasteiger partial charge >= 0.3 is 12.2 Å². The second-order valence-electron chi connectivity index (χ2n) is 7.40. The molecule has 0 spiro atoms. The summed E-state index contributed by atoms with van der Waals surface area (Å²) in [5, 5.41) is 7.95. The van der Waals surface area contributed by atoms with Crippen molar-refractivity contribution < 1.29 is 19.1 Å². The third-order valence-corrected chi connectivity index (χ3v) is 2.49. The van der Waals surface area contributed by atoms with E-state index in [4.69, 9.17) is 14.9 Å². The van der Waals surface area contributed by atoms with Crippen LogP contribution in [0, 0.1) is 5.41 Å². The number of carbonyl (C=O) groups excluding carboxylic acids is 2. The van der Waals surface area contributed by atoms with Crippen LogP contribution in [0.15, 0.2) is 0 Å². The smallest absolute Gasteiger partial charge is 0.427 e. The molecular weight excluding hydrogens is 312 g/mol. The second kappa shape index (κ2) is 9.46. The summed E-state index contributed by atoms with van der Waals surface area (Å²) in [6.07, 6.45) is 1.09. The van der Waals surface area contributed by atoms with Gasteiger partial charge in [-0.15, -0.1) is 4.90 Å². The highest BCUT2D eigenvalue weighted by Gasteiger charge is 2.34. The maximum atomic E-state index is 12.3. The minimum absolute atomic E-state index is 0.449. The van der Waals surface area contributed by atoms with Gasteiger partial charge < -0.3 is 9.47 Å². The Labute approximate surface area is 144 Å². The highest BCUT2D eigenvalue weighted by atomic mass is 16.6. The number of carbonyl (C=O) groups is 2. The molecule has 0 aliphatic carbocycles. The lowest BCUT2D eigenvalue weighted by molar-refractivity contribution is 0.0138. The molecule has 3 N–H and O–H groups in total. The minimum atomic E-state index is -0.968. The number of hydrogen-bond donors (Lipinski definition) is 3. The number of imide groups is 1. The molecule has 0 bridgehead atoms. The number of unbranched alkanes of at least 4 members (excludes halogenated alkanes) is 2. The van der Waals surface area contributed by atoms with Crippen molar-refractivity contribution in [1.82, 2.24) is 15.8 Å². The van der Waals surface area contributed by atoms with Crippen molar-refractivity contribution in [3.63, 3.8) is 0 Å². The average molecular weight is 344 g/mol. The highest BCUT2D eigenvalue weighted by Crippen LogP contribution is 2.14. The lowest BCUT2D eigenvalue weighted by atomic mass is 10.2. The normalized spacial score (nSPS) is 11.6. The predicted molar refractivity (Wildman–Crippen MR) is 92.7 cm³/mol. The van der Waals surface area contributed by atoms with Crippen molar-refractivity contribution >= 4 is 18.1 Å². The van der Waals surface area contributed by atoms with Crippen LogP contribution in [0.4, 0.5) is 9.59 Å². The van der Waals surface area contributed by atoms with Crippen molar-refractivity contribution in [1.29, 1.82) is 5.41 Å². The molecule has 8 heteroatoms. The summed E-state index contributed by atoms with van der Waals surface area (Å²) in [6, 6.07) is 0. The van der Waals surface area contributed by atoms with E-state index in [1.807, 2.05) is 0 Å². The summed E-state index contributed by atoms with van der Waals surface area (Å²) in [5.41, 5.74) is 3.74. The van der Waals surface area contributed by atoms with E-state index in [2.05, 4.69) is 17.8 Å². The monoisotopic (exact) mass is 344 g/mol. The van der Waals surface area contributed by atoms with Crippen LogP contribution < -0.4 is 10.9 Å². The first kappa shape index (κ1) is 22.2. The van der Waals surface area contributed by atoms with Crippen LogP contribution in [0.1, 0.15) is 67.7 Å². The third kappa shape index (κ3) is 10.0. The van der Waals surface area contributed by atoms with Gasteiger partial charge in [0.15, 0.2) is 0 Å². The maximum Gasteiger partial charge on any atom is 0.427 e. The molecule has 0 unspecified atom stereocenters. The number of hydrazine groups is 1. The summed E-state index contributed by atoms with van der Waals surface area (Å²) in [5.74, 6) is -0.449. The fourth-order valence-electron chi connectivity index (χ4n) is 1.54. The summed E-state index contributed by atoms with van der Waals surface area (Å²) < 4.78 is 10.4. The molecule has 8 nitrogen and oxygen atoms in total. The van der Waals surface area contributed by atoms with E-state index >= 15 is 0 Å². The Morgan fingerprint density at radius 2 is 1.42 bits per heavy atom. The molecule has 2 amide bonds. The van der Waals surface area contributed by atoms with Crippen LogP contribution in [-0.2, 0) is 9.47 Å². The molecule has 0 aliphatic rings. The van der Waals surface area contributed by atoms with Crippen molar-refractivity contribution in [3.05, 3.63) is 0 Å². The predicted octanol–water partition coefficient (Wildman–Crippen LogP) is 3.38. The number of rotatable bonds is 5. The van der Waals surface area contributed by atoms with E-state index in [0.717, 1.165) is 19.3 Å². The molecule has 0 saturated carbocycles. The highest BCUT2D eigenvalue weighted by molar-refractivity contribution is 6.06. The molecule has 0 aromatic rings. The van der Waals surface area contributed by atoms with Gasteiger partial charge in [0, 0.05) is 6.54 Å². The van der Waals surface area contributed by atoms with Crippen LogP contribution in [0.25, 0.3) is 0 Å². The zero-order valence-corrected chi connectivity index (χ0v) is 15.9. The first-order chi connectivity index (χ1) is 10.9. The van der Waals surface area contributed by atoms with Crippen molar-refractivity contribution in [2.75, 3.05) is 6.54 Å². The first-order valence-electron chi connectivity index (χ1n) is 8.21. The zero-order valence-electron chi connectivity index (χ0n) is 15.9. The Bertz CT molecular complexity index is 410. The minimum Gasteiger partial charge on any atom is -0.443 e. The molecule has 140 valence electrons. The van der Waals surface area contributed by atoms with Gasteiger partial charge in [0.05, 0.1) is 0 Å². The third-order valence-electron chi connectivity index (χ3n) is 2.49. The molecule has 0 atom stereocenters. The quantitative estimate of drug-likeness (QED) is 0.306. The van der Waals surface area contributed by atoms with Crippen molar-refractivity contribution in [2.45, 2.75) is 78.9 Å². The molecule has 0 fully saturated rings. The van der Waals surface area contributed by atoms with Gasteiger partial charge in [0.1, 0.15) is 11.2 Å². The average Bonchev–Trinajstić information content (AvgIpc) is 2.34. The van der Waals surface area contributed by atoms with Gasteiger partial charge in [0.2, 0.25) is 5.96 Å². The topological polar surface area (TPSA) is 104 Å². The van der Waals surface area contributed by atoms with Crippen LogP contribution in [0.2, 0.25) is 0 Å². The largest absolute Gasteiger partial charge is 0.443 e. The fourth-order valence-corrected chi connectivity index (χ4v) is 1.54. The summed E-state index contributed by atoms with van der Waals surface area (Å²) in [7, 11) is 0. The Morgan fingerprint density at radius 3 is 1.79 bits per heavy atom. The number of nitrogens with zero attached hydrogens (tertiary/aromatic N) is 1. The number of nitrogens with one attached hydrogen (secondary N) is 3. The lowest BCUT2D eigenvalue weighted by Gasteiger charge is -2.28. The molecule has 0 aromatic carbocycles. The Balaban J connectivity index is 4.94. The van der Waals surface area contributed by atoms with Gasteiger partial charge in [-0.25, -0.2) is 15.0 Å². The number of hydrogen-bond acceptors (Lipinski definition) is 6. The standard InChI is InChI=1S/C16H32N4O4/c1-8-9-10-11-18-19-12(17)20(13(21)23-15(2,3)4)14(22)24-16(5,6)7/h18H,8-11H2,1-7H3,(H2,17,19). The number of guanidine groups is 1. The molecule has 0 saturated heterocycles. The van der Waals surface area contributed by atoms with Crippen LogP contribution >= 0.6 is 0 Å². The Hall–Kier alpha value is -1.83. The summed E-state index contributed by atoms with van der Waals surface area (Å²) in [4.78, 5) is 25.0. The number of amides is 2. The van der Waals surface area contributed by atoms with Gasteiger partial charge in [-0.1, -0.05) is 19.8 Å². The van der Waals surface area contributed by atoms with Crippen LogP contribution in [0.5, 0.6) is 0 Å². The molecule has 24 heavy (non-hydrogen) atoms. The molecule has 0 radical (unpaired) electrons. The Morgan fingerprint density at radius 1 is 0.958 bits per heavy atom. The van der Waals surface area contributed by atoms with Crippen LogP contribution in [0.3, 0.4) is 0 Å². The SMILES string of the molecule is CCCCCNNC(=N)N(C(=O)OC(C)(C)C)C(=O)OC(C)(C)C. The maximum absolute atomic E-state index is 12.3. The van der Waals surface area contributed by atoms with Crippen molar-refractivity contribution in [2.24, 2.45) is 0 Å². The lowest BCUT2D eigenvalue weighted by Crippen LogP contribution is -2.54. The van der Waals surface area contributed by atoms with E-state index in [1.165, 1.54) is 0 Å². The molecular formula is C16H32N4O4. The Kier molecular flexibility index (Phi) is 8.74. The molecule has 0 heterocycles. The van der Waals surface area contributed by atoms with Gasteiger partial charge in [-0.3, -0.25) is 10.8 Å². The summed E-state index contributed by atoms with van der Waals surface area (Å²) >= 11 is 0. The molecule has 0 rings (SSSR count). The zero-order chi connectivity index (χ0) is 19.0.